The Morgan fingerprint density at radius 2 is 1.92 bits per heavy atom. The third-order valence-electron chi connectivity index (χ3n) is 1.42. The largest absolute Gasteiger partial charge is 0.439 e. The summed E-state index contributed by atoms with van der Waals surface area (Å²) in [5.41, 5.74) is -0.126. The summed E-state index contributed by atoms with van der Waals surface area (Å²) in [6.45, 7) is 6.12. The number of aromatic nitrogens is 1. The van der Waals surface area contributed by atoms with E-state index in [-0.39, 0.29) is 5.60 Å². The number of ether oxygens (including phenoxy) is 1. The van der Waals surface area contributed by atoms with Gasteiger partial charge in [0.1, 0.15) is 12.6 Å². The molecular weight excluding hydrogens is 150 g/mol. The lowest BCUT2D eigenvalue weighted by molar-refractivity contribution is -0.678. The molecule has 0 saturated carbocycles. The zero-order valence-corrected chi connectivity index (χ0v) is 8.16. The van der Waals surface area contributed by atoms with Crippen molar-refractivity contribution in [3.05, 3.63) is 24.4 Å². The first-order valence-electron chi connectivity index (χ1n) is 4.13. The minimum absolute atomic E-state index is 0.126. The number of hydrogen-bond acceptors (Lipinski definition) is 1. The van der Waals surface area contributed by atoms with Crippen LogP contribution < -0.4 is 9.30 Å². The van der Waals surface area contributed by atoms with Crippen LogP contribution in [0.25, 0.3) is 0 Å². The van der Waals surface area contributed by atoms with Gasteiger partial charge >= 0.3 is 5.88 Å². The van der Waals surface area contributed by atoms with Crippen LogP contribution in [0.15, 0.2) is 24.4 Å². The van der Waals surface area contributed by atoms with Crippen molar-refractivity contribution in [3.63, 3.8) is 0 Å². The molecule has 0 N–H and O–H groups in total. The van der Waals surface area contributed by atoms with Crippen molar-refractivity contribution in [1.82, 2.24) is 0 Å². The summed E-state index contributed by atoms with van der Waals surface area (Å²) in [6, 6.07) is 5.92. The molecule has 0 bridgehead atoms. The Morgan fingerprint density at radius 3 is 2.42 bits per heavy atom. The zero-order chi connectivity index (χ0) is 9.19. The molecule has 66 valence electrons. The quantitative estimate of drug-likeness (QED) is 0.579. The highest BCUT2D eigenvalue weighted by Crippen LogP contribution is 2.11. The summed E-state index contributed by atoms with van der Waals surface area (Å²) in [5.74, 6) is 0.894. The van der Waals surface area contributed by atoms with Crippen LogP contribution in [0.5, 0.6) is 5.88 Å². The molecule has 2 heteroatoms. The molecule has 1 rings (SSSR count). The standard InChI is InChI=1S/C10H16NO/c1-10(2,3)12-9-7-5-6-8-11(9)4/h5-8H,1-4H3/q+1. The van der Waals surface area contributed by atoms with E-state index in [2.05, 4.69) is 0 Å². The van der Waals surface area contributed by atoms with Gasteiger partial charge in [0.2, 0.25) is 0 Å². The van der Waals surface area contributed by atoms with Crippen molar-refractivity contribution in [2.45, 2.75) is 26.4 Å². The maximum Gasteiger partial charge on any atom is 0.368 e. The predicted octanol–water partition coefficient (Wildman–Crippen LogP) is 1.69. The maximum absolute atomic E-state index is 5.70. The van der Waals surface area contributed by atoms with Gasteiger partial charge in [0.05, 0.1) is 6.07 Å². The summed E-state index contributed by atoms with van der Waals surface area (Å²) >= 11 is 0. The van der Waals surface area contributed by atoms with Gasteiger partial charge in [0, 0.05) is 6.07 Å². The van der Waals surface area contributed by atoms with Gasteiger partial charge in [-0.25, -0.2) is 0 Å². The van der Waals surface area contributed by atoms with E-state index in [4.69, 9.17) is 4.74 Å². The van der Waals surface area contributed by atoms with E-state index in [9.17, 15) is 0 Å². The number of nitrogens with zero attached hydrogens (tertiary/aromatic N) is 1. The number of pyridine rings is 1. The van der Waals surface area contributed by atoms with Gasteiger partial charge in [-0.3, -0.25) is 0 Å². The summed E-state index contributed by atoms with van der Waals surface area (Å²) in [6.07, 6.45) is 1.97. The van der Waals surface area contributed by atoms with Gasteiger partial charge < -0.3 is 4.74 Å². The molecule has 0 radical (unpaired) electrons. The second kappa shape index (κ2) is 3.13. The zero-order valence-electron chi connectivity index (χ0n) is 8.16. The Bertz CT molecular complexity index is 263. The summed E-state index contributed by atoms with van der Waals surface area (Å²) in [5, 5.41) is 0. The van der Waals surface area contributed by atoms with Crippen LogP contribution >= 0.6 is 0 Å². The molecule has 0 fully saturated rings. The van der Waals surface area contributed by atoms with Gasteiger partial charge in [-0.15, -0.1) is 0 Å². The molecule has 0 atom stereocenters. The first-order chi connectivity index (χ1) is 5.49. The van der Waals surface area contributed by atoms with Crippen LogP contribution in [0.4, 0.5) is 0 Å². The molecule has 1 aromatic rings. The molecule has 12 heavy (non-hydrogen) atoms. The molecule has 0 spiro atoms. The average molecular weight is 166 g/mol. The highest BCUT2D eigenvalue weighted by atomic mass is 16.5. The smallest absolute Gasteiger partial charge is 0.368 e. The number of aryl methyl sites for hydroxylation is 1. The second-order valence-corrected chi connectivity index (χ2v) is 3.86. The molecule has 0 aliphatic rings. The third-order valence-corrected chi connectivity index (χ3v) is 1.42. The number of hydrogen-bond donors (Lipinski definition) is 0. The molecule has 0 aliphatic carbocycles. The molecule has 0 unspecified atom stereocenters. The highest BCUT2D eigenvalue weighted by molar-refractivity contribution is 5.03. The molecule has 0 aromatic carbocycles. The van der Waals surface area contributed by atoms with Crippen LogP contribution in [-0.4, -0.2) is 5.60 Å². The molecule has 2 nitrogen and oxygen atoms in total. The fraction of sp³-hybridized carbons (Fsp3) is 0.500. The molecule has 1 aromatic heterocycles. The van der Waals surface area contributed by atoms with Gasteiger partial charge in [-0.1, -0.05) is 0 Å². The van der Waals surface area contributed by atoms with E-state index in [1.807, 2.05) is 56.8 Å². The Hall–Kier alpha value is -1.05. The monoisotopic (exact) mass is 166 g/mol. The molecule has 0 saturated heterocycles. The van der Waals surface area contributed by atoms with E-state index >= 15 is 0 Å². The van der Waals surface area contributed by atoms with E-state index in [0.29, 0.717) is 0 Å². The Labute approximate surface area is 73.8 Å². The molecule has 0 amide bonds. The molecular formula is C10H16NO+. The Kier molecular flexibility index (Phi) is 2.36. The lowest BCUT2D eigenvalue weighted by Gasteiger charge is -2.18. The maximum atomic E-state index is 5.70. The summed E-state index contributed by atoms with van der Waals surface area (Å²) in [4.78, 5) is 0. The van der Waals surface area contributed by atoms with E-state index in [1.54, 1.807) is 0 Å². The van der Waals surface area contributed by atoms with Crippen LogP contribution in [0.3, 0.4) is 0 Å². The van der Waals surface area contributed by atoms with Crippen molar-refractivity contribution in [2.24, 2.45) is 7.05 Å². The lowest BCUT2D eigenvalue weighted by atomic mass is 10.2. The number of rotatable bonds is 1. The Balaban J connectivity index is 2.83. The van der Waals surface area contributed by atoms with Crippen LogP contribution in [0.1, 0.15) is 20.8 Å². The normalized spacial score (nSPS) is 11.3. The Morgan fingerprint density at radius 1 is 1.25 bits per heavy atom. The average Bonchev–Trinajstić information content (AvgIpc) is 1.91. The van der Waals surface area contributed by atoms with Gasteiger partial charge in [0.15, 0.2) is 6.20 Å². The van der Waals surface area contributed by atoms with Gasteiger partial charge in [-0.05, 0) is 26.8 Å². The van der Waals surface area contributed by atoms with Crippen molar-refractivity contribution in [3.8, 4) is 5.88 Å². The predicted molar refractivity (Wildman–Crippen MR) is 48.0 cm³/mol. The van der Waals surface area contributed by atoms with Crippen molar-refractivity contribution >= 4 is 0 Å². The van der Waals surface area contributed by atoms with Crippen molar-refractivity contribution in [1.29, 1.82) is 0 Å². The van der Waals surface area contributed by atoms with E-state index < -0.39 is 0 Å². The summed E-state index contributed by atoms with van der Waals surface area (Å²) in [7, 11) is 1.97. The first-order valence-corrected chi connectivity index (χ1v) is 4.13. The van der Waals surface area contributed by atoms with E-state index in [0.717, 1.165) is 5.88 Å². The van der Waals surface area contributed by atoms with Crippen molar-refractivity contribution in [2.75, 3.05) is 0 Å². The fourth-order valence-electron chi connectivity index (χ4n) is 0.927. The van der Waals surface area contributed by atoms with Crippen molar-refractivity contribution < 1.29 is 9.30 Å². The van der Waals surface area contributed by atoms with Gasteiger partial charge in [0.25, 0.3) is 0 Å². The second-order valence-electron chi connectivity index (χ2n) is 3.86. The SMILES string of the molecule is C[n+]1ccccc1OC(C)(C)C. The third kappa shape index (κ3) is 2.53. The summed E-state index contributed by atoms with van der Waals surface area (Å²) < 4.78 is 7.66. The van der Waals surface area contributed by atoms with E-state index in [1.165, 1.54) is 0 Å². The van der Waals surface area contributed by atoms with Crippen LogP contribution in [-0.2, 0) is 7.05 Å². The highest BCUT2D eigenvalue weighted by Gasteiger charge is 2.16. The molecule has 1 heterocycles. The lowest BCUT2D eigenvalue weighted by Crippen LogP contribution is -2.35. The minimum atomic E-state index is -0.126. The van der Waals surface area contributed by atoms with Gasteiger partial charge in [-0.2, -0.15) is 4.57 Å². The first kappa shape index (κ1) is 9.04. The minimum Gasteiger partial charge on any atom is -0.439 e. The fourth-order valence-corrected chi connectivity index (χ4v) is 0.927. The van der Waals surface area contributed by atoms with Crippen LogP contribution in [0.2, 0.25) is 0 Å². The topological polar surface area (TPSA) is 13.1 Å². The van der Waals surface area contributed by atoms with Crippen LogP contribution in [0, 0.1) is 0 Å². The molecule has 0 aliphatic heterocycles.